The second-order valence-electron chi connectivity index (χ2n) is 5.19. The van der Waals surface area contributed by atoms with Gasteiger partial charge in [0.25, 0.3) is 5.91 Å². The van der Waals surface area contributed by atoms with E-state index in [1.54, 1.807) is 6.07 Å². The van der Waals surface area contributed by atoms with Crippen molar-refractivity contribution < 1.29 is 19.1 Å². The summed E-state index contributed by atoms with van der Waals surface area (Å²) in [6.07, 6.45) is 1.18. The number of carbonyl (C=O) groups excluding carboxylic acids is 1. The van der Waals surface area contributed by atoms with Crippen LogP contribution >= 0.6 is 11.3 Å². The van der Waals surface area contributed by atoms with Gasteiger partial charge in [-0.15, -0.1) is 11.3 Å². The minimum Gasteiger partial charge on any atom is -0.480 e. The summed E-state index contributed by atoms with van der Waals surface area (Å²) in [5.74, 6) is -1.57. The van der Waals surface area contributed by atoms with Crippen LogP contribution in [0.1, 0.15) is 28.1 Å². The molecule has 2 heterocycles. The quantitative estimate of drug-likeness (QED) is 0.927. The minimum absolute atomic E-state index is 0.265. The number of amides is 1. The maximum absolute atomic E-state index is 13.3. The minimum atomic E-state index is -0.967. The number of aliphatic carboxylic acids is 1. The lowest BCUT2D eigenvalue weighted by atomic mass is 10.1. The summed E-state index contributed by atoms with van der Waals surface area (Å²) < 4.78 is 14.0. The summed E-state index contributed by atoms with van der Waals surface area (Å²) in [5, 5.41) is 10.0. The lowest BCUT2D eigenvalue weighted by Gasteiger charge is -2.21. The Labute approximate surface area is 124 Å². The van der Waals surface area contributed by atoms with Crippen molar-refractivity contribution in [1.82, 2.24) is 4.90 Å². The van der Waals surface area contributed by atoms with E-state index in [4.69, 9.17) is 0 Å². The number of carboxylic acid groups (broad SMARTS) is 1. The van der Waals surface area contributed by atoms with Crippen molar-refractivity contribution in [3.63, 3.8) is 0 Å². The predicted molar refractivity (Wildman–Crippen MR) is 78.2 cm³/mol. The van der Waals surface area contributed by atoms with Crippen LogP contribution < -0.4 is 0 Å². The smallest absolute Gasteiger partial charge is 0.326 e. The number of aryl methyl sites for hydroxylation is 1. The van der Waals surface area contributed by atoms with Gasteiger partial charge in [-0.3, -0.25) is 4.79 Å². The number of carbonyl (C=O) groups is 2. The molecule has 0 spiro atoms. The molecule has 110 valence electrons. The second kappa shape index (κ2) is 5.11. The SMILES string of the molecule is Cc1c(C(=O)N2CCC[C@@H]2C(=O)O)sc2cc(F)ccc12. The van der Waals surface area contributed by atoms with E-state index >= 15 is 0 Å². The molecule has 1 aliphatic rings. The van der Waals surface area contributed by atoms with Gasteiger partial charge in [-0.25, -0.2) is 9.18 Å². The first-order valence-electron chi connectivity index (χ1n) is 6.71. The summed E-state index contributed by atoms with van der Waals surface area (Å²) in [6, 6.07) is 3.68. The summed E-state index contributed by atoms with van der Waals surface area (Å²) in [5.41, 5.74) is 0.788. The molecule has 0 radical (unpaired) electrons. The zero-order valence-corrected chi connectivity index (χ0v) is 12.2. The van der Waals surface area contributed by atoms with Crippen molar-refractivity contribution in [1.29, 1.82) is 0 Å². The van der Waals surface area contributed by atoms with E-state index in [1.165, 1.54) is 28.4 Å². The maximum Gasteiger partial charge on any atom is 0.326 e. The number of halogens is 1. The van der Waals surface area contributed by atoms with E-state index in [0.717, 1.165) is 10.9 Å². The van der Waals surface area contributed by atoms with Crippen LogP contribution in [0.5, 0.6) is 0 Å². The molecule has 1 N–H and O–H groups in total. The molecule has 1 fully saturated rings. The Hall–Kier alpha value is -1.95. The molecule has 0 saturated carbocycles. The second-order valence-corrected chi connectivity index (χ2v) is 6.24. The van der Waals surface area contributed by atoms with E-state index in [1.807, 2.05) is 6.92 Å². The number of hydrogen-bond acceptors (Lipinski definition) is 3. The Morgan fingerprint density at radius 3 is 2.90 bits per heavy atom. The van der Waals surface area contributed by atoms with Gasteiger partial charge in [0.1, 0.15) is 11.9 Å². The highest BCUT2D eigenvalue weighted by Gasteiger charge is 2.35. The molecule has 6 heteroatoms. The lowest BCUT2D eigenvalue weighted by Crippen LogP contribution is -2.40. The van der Waals surface area contributed by atoms with Crippen molar-refractivity contribution in [2.75, 3.05) is 6.54 Å². The molecular formula is C15H14FNO3S. The van der Waals surface area contributed by atoms with Crippen LogP contribution in [0.3, 0.4) is 0 Å². The molecule has 21 heavy (non-hydrogen) atoms. The first-order valence-corrected chi connectivity index (χ1v) is 7.53. The van der Waals surface area contributed by atoms with E-state index < -0.39 is 12.0 Å². The van der Waals surface area contributed by atoms with E-state index in [2.05, 4.69) is 0 Å². The fourth-order valence-electron chi connectivity index (χ4n) is 2.80. The van der Waals surface area contributed by atoms with Crippen LogP contribution in [-0.2, 0) is 4.79 Å². The number of hydrogen-bond donors (Lipinski definition) is 1. The van der Waals surface area contributed by atoms with Crippen LogP contribution in [0.25, 0.3) is 10.1 Å². The van der Waals surface area contributed by atoms with Crippen molar-refractivity contribution in [2.24, 2.45) is 0 Å². The number of carboxylic acids is 1. The Kier molecular flexibility index (Phi) is 3.41. The molecular weight excluding hydrogens is 293 g/mol. The summed E-state index contributed by atoms with van der Waals surface area (Å²) in [4.78, 5) is 25.7. The van der Waals surface area contributed by atoms with Crippen molar-refractivity contribution in [2.45, 2.75) is 25.8 Å². The number of thiophene rings is 1. The highest BCUT2D eigenvalue weighted by molar-refractivity contribution is 7.21. The molecule has 1 aromatic carbocycles. The standard InChI is InChI=1S/C15H14FNO3S/c1-8-10-5-4-9(16)7-12(10)21-13(8)14(18)17-6-2-3-11(17)15(19)20/h4-5,7,11H,2-3,6H2,1H3,(H,19,20)/t11-/m1/s1. The van der Waals surface area contributed by atoms with Gasteiger partial charge in [-0.1, -0.05) is 6.07 Å². The van der Waals surface area contributed by atoms with Gasteiger partial charge >= 0.3 is 5.97 Å². The molecule has 1 atom stereocenters. The van der Waals surface area contributed by atoms with Crippen molar-refractivity contribution >= 4 is 33.3 Å². The van der Waals surface area contributed by atoms with Gasteiger partial charge in [0.05, 0.1) is 4.88 Å². The van der Waals surface area contributed by atoms with Crippen LogP contribution in [-0.4, -0.2) is 34.5 Å². The van der Waals surface area contributed by atoms with Crippen molar-refractivity contribution in [3.8, 4) is 0 Å². The van der Waals surface area contributed by atoms with Crippen LogP contribution in [0, 0.1) is 12.7 Å². The average Bonchev–Trinajstić information content (AvgIpc) is 3.03. The summed E-state index contributed by atoms with van der Waals surface area (Å²) >= 11 is 1.22. The van der Waals surface area contributed by atoms with Crippen LogP contribution in [0.2, 0.25) is 0 Å². The zero-order chi connectivity index (χ0) is 15.1. The zero-order valence-electron chi connectivity index (χ0n) is 11.4. The van der Waals surface area contributed by atoms with E-state index in [-0.39, 0.29) is 11.7 Å². The Morgan fingerprint density at radius 2 is 2.19 bits per heavy atom. The topological polar surface area (TPSA) is 57.6 Å². The Balaban J connectivity index is 2.02. The Morgan fingerprint density at radius 1 is 1.43 bits per heavy atom. The molecule has 1 amide bonds. The summed E-state index contributed by atoms with van der Waals surface area (Å²) in [6.45, 7) is 2.27. The third-order valence-electron chi connectivity index (χ3n) is 3.89. The van der Waals surface area contributed by atoms with Gasteiger partial charge < -0.3 is 10.0 Å². The van der Waals surface area contributed by atoms with Crippen LogP contribution in [0.15, 0.2) is 18.2 Å². The first-order chi connectivity index (χ1) is 9.99. The predicted octanol–water partition coefficient (Wildman–Crippen LogP) is 3.04. The Bertz CT molecular complexity index is 740. The fraction of sp³-hybridized carbons (Fsp3) is 0.333. The molecule has 0 bridgehead atoms. The average molecular weight is 307 g/mol. The number of likely N-dealkylation sites (tertiary alicyclic amines) is 1. The third kappa shape index (κ3) is 2.29. The van der Waals surface area contributed by atoms with Gasteiger partial charge in [0.2, 0.25) is 0 Å². The highest BCUT2D eigenvalue weighted by atomic mass is 32.1. The number of rotatable bonds is 2. The molecule has 0 aliphatic carbocycles. The van der Waals surface area contributed by atoms with E-state index in [0.29, 0.717) is 29.0 Å². The van der Waals surface area contributed by atoms with E-state index in [9.17, 15) is 19.1 Å². The first kappa shape index (κ1) is 14.0. The molecule has 2 aromatic rings. The monoisotopic (exact) mass is 307 g/mol. The number of benzene rings is 1. The highest BCUT2D eigenvalue weighted by Crippen LogP contribution is 2.33. The molecule has 1 aromatic heterocycles. The van der Waals surface area contributed by atoms with Crippen LogP contribution in [0.4, 0.5) is 4.39 Å². The van der Waals surface area contributed by atoms with Crippen molar-refractivity contribution in [3.05, 3.63) is 34.5 Å². The molecule has 0 unspecified atom stereocenters. The van der Waals surface area contributed by atoms with Gasteiger partial charge in [-0.05, 0) is 42.8 Å². The molecule has 1 aliphatic heterocycles. The summed E-state index contributed by atoms with van der Waals surface area (Å²) in [7, 11) is 0. The lowest BCUT2D eigenvalue weighted by molar-refractivity contribution is -0.141. The molecule has 3 rings (SSSR count). The third-order valence-corrected chi connectivity index (χ3v) is 5.14. The largest absolute Gasteiger partial charge is 0.480 e. The normalized spacial score (nSPS) is 18.4. The van der Waals surface area contributed by atoms with Gasteiger partial charge in [0, 0.05) is 11.2 Å². The maximum atomic E-state index is 13.3. The molecule has 1 saturated heterocycles. The van der Waals surface area contributed by atoms with Gasteiger partial charge in [-0.2, -0.15) is 0 Å². The number of nitrogens with zero attached hydrogens (tertiary/aromatic N) is 1. The fourth-order valence-corrected chi connectivity index (χ4v) is 3.99. The number of fused-ring (bicyclic) bond motifs is 1. The van der Waals surface area contributed by atoms with Gasteiger partial charge in [0.15, 0.2) is 0 Å². The molecule has 4 nitrogen and oxygen atoms in total.